The van der Waals surface area contributed by atoms with Crippen molar-refractivity contribution in [1.82, 2.24) is 7.79 Å². The molecule has 6 nitrogen and oxygen atoms in total. The van der Waals surface area contributed by atoms with Crippen molar-refractivity contribution >= 4 is 38.9 Å². The highest BCUT2D eigenvalue weighted by Gasteiger charge is 2.29. The third-order valence-electron chi connectivity index (χ3n) is 1.11. The molecule has 0 spiro atoms. The van der Waals surface area contributed by atoms with E-state index in [9.17, 15) is 13.8 Å². The lowest BCUT2D eigenvalue weighted by Gasteiger charge is -2.23. The van der Waals surface area contributed by atoms with Gasteiger partial charge in [0.25, 0.3) is 0 Å². The first kappa shape index (κ1) is 15.2. The molecule has 0 saturated carbocycles. The normalized spacial score (nSPS) is 12.3. The third kappa shape index (κ3) is 6.39. The molecule has 0 aliphatic rings. The fourth-order valence-electron chi connectivity index (χ4n) is 0.601. The van der Waals surface area contributed by atoms with E-state index in [-0.39, 0.29) is 28.1 Å². The van der Waals surface area contributed by atoms with Gasteiger partial charge in [-0.25, -0.2) is 13.7 Å². The van der Waals surface area contributed by atoms with Crippen LogP contribution < -0.4 is 0 Å². The number of carbonyl (C=O) groups excluding carboxylic acids is 1. The Morgan fingerprint density at radius 3 is 2.33 bits per heavy atom. The topological polar surface area (TPSA) is 81.1 Å². The molecule has 0 rings (SSSR count). The van der Waals surface area contributed by atoms with E-state index in [1.165, 1.54) is 0 Å². The first-order valence-corrected chi connectivity index (χ1v) is 6.49. The first-order chi connectivity index (χ1) is 6.64. The molecule has 0 bridgehead atoms. The van der Waals surface area contributed by atoms with Gasteiger partial charge in [0.1, 0.15) is 0 Å². The molecule has 0 unspecified atom stereocenters. The Kier molecular flexibility index (Phi) is 6.16. The van der Waals surface area contributed by atoms with E-state index in [0.717, 1.165) is 0 Å². The molecule has 15 heavy (non-hydrogen) atoms. The van der Waals surface area contributed by atoms with E-state index < -0.39 is 13.9 Å². The fourth-order valence-corrected chi connectivity index (χ4v) is 2.08. The van der Waals surface area contributed by atoms with Gasteiger partial charge in [-0.15, -0.1) is 4.39 Å². The summed E-state index contributed by atoms with van der Waals surface area (Å²) < 4.78 is 23.7. The minimum absolute atomic E-state index is 0.00708. The second kappa shape index (κ2) is 6.07. The van der Waals surface area contributed by atoms with Gasteiger partial charge < -0.3 is 9.79 Å². The monoisotopic (exact) mass is 277 g/mol. The van der Waals surface area contributed by atoms with Crippen LogP contribution >= 0.6 is 32.7 Å². The second-order valence-electron chi connectivity index (χ2n) is 3.04. The second-order valence-corrected chi connectivity index (χ2v) is 6.57. The summed E-state index contributed by atoms with van der Waals surface area (Å²) in [5, 5.41) is 0. The zero-order chi connectivity index (χ0) is 12.2. The molecule has 0 aromatic heterocycles. The van der Waals surface area contributed by atoms with Crippen LogP contribution in [0.15, 0.2) is 0 Å². The van der Waals surface area contributed by atoms with Crippen molar-refractivity contribution < 1.29 is 23.5 Å². The van der Waals surface area contributed by atoms with Gasteiger partial charge in [-0.1, -0.05) is 17.3 Å². The van der Waals surface area contributed by atoms with Gasteiger partial charge in [0.05, 0.1) is 12.1 Å². The summed E-state index contributed by atoms with van der Waals surface area (Å²) >= 11 is 4.48. The van der Waals surface area contributed by atoms with Gasteiger partial charge in [-0.3, -0.25) is 0 Å². The van der Waals surface area contributed by atoms with Crippen LogP contribution in [-0.2, 0) is 4.57 Å². The maximum atomic E-state index is 12.4. The van der Waals surface area contributed by atoms with Crippen LogP contribution in [0.4, 0.5) is 9.18 Å². The van der Waals surface area contributed by atoms with Crippen LogP contribution in [0, 0.1) is 5.92 Å². The smallest absolute Gasteiger partial charge is 0.311 e. The molecule has 0 aromatic carbocycles. The Morgan fingerprint density at radius 1 is 1.60 bits per heavy atom. The molecule has 0 atom stereocenters. The third-order valence-corrected chi connectivity index (χ3v) is 3.86. The zero-order valence-electron chi connectivity index (χ0n) is 8.03. The van der Waals surface area contributed by atoms with Gasteiger partial charge in [0.2, 0.25) is 0 Å². The van der Waals surface area contributed by atoms with Crippen LogP contribution in [-0.4, -0.2) is 30.3 Å². The SMILES string of the molecule is CC(C)CN(SN([S])P(=O)(O)O)C(=O)F. The molecule has 2 N–H and O–H groups in total. The van der Waals surface area contributed by atoms with Gasteiger partial charge in [0.15, 0.2) is 0 Å². The average Bonchev–Trinajstić information content (AvgIpc) is 1.99. The first-order valence-electron chi connectivity index (χ1n) is 3.83. The molecule has 89 valence electrons. The molecule has 1 radical (unpaired) electrons. The number of halogens is 1. The highest BCUT2D eigenvalue weighted by atomic mass is 32.2. The standard InChI is InChI=1S/C5H11FN2O4PS2/c1-4(2)3-7(5(6)9)15-8(14)13(10,11)12/h4H,3H2,1-2H3,(H2,10,11,12). The lowest BCUT2D eigenvalue weighted by Crippen LogP contribution is -2.26. The van der Waals surface area contributed by atoms with Crippen LogP contribution in [0.1, 0.15) is 13.8 Å². The summed E-state index contributed by atoms with van der Waals surface area (Å²) in [5.41, 5.74) is 0. The van der Waals surface area contributed by atoms with Gasteiger partial charge >= 0.3 is 13.9 Å². The number of carbonyl (C=O) groups is 1. The maximum Gasteiger partial charge on any atom is 0.424 e. The van der Waals surface area contributed by atoms with Crippen molar-refractivity contribution in [2.45, 2.75) is 13.8 Å². The lowest BCUT2D eigenvalue weighted by atomic mass is 10.2. The van der Waals surface area contributed by atoms with Crippen molar-refractivity contribution in [2.75, 3.05) is 6.54 Å². The van der Waals surface area contributed by atoms with E-state index in [0.29, 0.717) is 4.31 Å². The molecule has 0 heterocycles. The molecule has 0 aromatic rings. The van der Waals surface area contributed by atoms with Crippen molar-refractivity contribution in [2.24, 2.45) is 5.92 Å². The fraction of sp³-hybridized carbons (Fsp3) is 0.800. The Labute approximate surface area is 96.8 Å². The highest BCUT2D eigenvalue weighted by molar-refractivity contribution is 8.10. The van der Waals surface area contributed by atoms with Crippen molar-refractivity contribution in [1.29, 1.82) is 0 Å². The Hall–Kier alpha value is 0.210. The largest absolute Gasteiger partial charge is 0.424 e. The maximum absolute atomic E-state index is 12.4. The number of nitrogens with zero attached hydrogens (tertiary/aromatic N) is 2. The number of hydrogen-bond acceptors (Lipinski definition) is 3. The average molecular weight is 277 g/mol. The van der Waals surface area contributed by atoms with E-state index in [2.05, 4.69) is 12.8 Å². The minimum Gasteiger partial charge on any atom is -0.311 e. The summed E-state index contributed by atoms with van der Waals surface area (Å²) in [6.45, 7) is 3.45. The summed E-state index contributed by atoms with van der Waals surface area (Å²) in [4.78, 5) is 27.7. The predicted molar refractivity (Wildman–Crippen MR) is 57.1 cm³/mol. The van der Waals surface area contributed by atoms with Crippen molar-refractivity contribution in [3.8, 4) is 0 Å². The van der Waals surface area contributed by atoms with Crippen LogP contribution in [0.25, 0.3) is 0 Å². The van der Waals surface area contributed by atoms with E-state index >= 15 is 0 Å². The summed E-state index contributed by atoms with van der Waals surface area (Å²) in [6.07, 6.45) is -1.79. The number of hydrogen-bond donors (Lipinski definition) is 2. The Balaban J connectivity index is 4.42. The minimum atomic E-state index is -4.64. The summed E-state index contributed by atoms with van der Waals surface area (Å²) in [6, 6.07) is 0. The van der Waals surface area contributed by atoms with E-state index in [1.807, 2.05) is 0 Å². The van der Waals surface area contributed by atoms with E-state index in [1.54, 1.807) is 13.8 Å². The van der Waals surface area contributed by atoms with Crippen LogP contribution in [0.3, 0.4) is 0 Å². The quantitative estimate of drug-likeness (QED) is 0.347. The van der Waals surface area contributed by atoms with Crippen LogP contribution in [0.2, 0.25) is 0 Å². The van der Waals surface area contributed by atoms with Gasteiger partial charge in [0, 0.05) is 19.4 Å². The van der Waals surface area contributed by atoms with Crippen molar-refractivity contribution in [3.63, 3.8) is 0 Å². The van der Waals surface area contributed by atoms with Crippen molar-refractivity contribution in [3.05, 3.63) is 0 Å². The Morgan fingerprint density at radius 2 is 2.07 bits per heavy atom. The highest BCUT2D eigenvalue weighted by Crippen LogP contribution is 2.47. The molecule has 0 aliphatic heterocycles. The summed E-state index contributed by atoms with van der Waals surface area (Å²) in [7, 11) is -4.64. The number of amides is 1. The zero-order valence-corrected chi connectivity index (χ0v) is 10.6. The summed E-state index contributed by atoms with van der Waals surface area (Å²) in [5.74, 6) is -0.0441. The van der Waals surface area contributed by atoms with Gasteiger partial charge in [-0.2, -0.15) is 0 Å². The molecular formula is C5H11FN2O4PS2. The molecule has 10 heteroatoms. The van der Waals surface area contributed by atoms with Gasteiger partial charge in [-0.05, 0) is 5.92 Å². The molecule has 1 amide bonds. The number of rotatable bonds is 5. The predicted octanol–water partition coefficient (Wildman–Crippen LogP) is 2.10. The molecule has 0 aliphatic carbocycles. The Bertz CT molecular complexity index is 274. The lowest BCUT2D eigenvalue weighted by molar-refractivity contribution is 0.200. The van der Waals surface area contributed by atoms with E-state index in [4.69, 9.17) is 9.79 Å². The molecule has 0 saturated heterocycles. The molecular weight excluding hydrogens is 266 g/mol. The van der Waals surface area contributed by atoms with Crippen LogP contribution in [0.5, 0.6) is 0 Å². The molecule has 0 fully saturated rings.